The minimum atomic E-state index is 0.0760. The molecule has 2 rings (SSSR count). The van der Waals surface area contributed by atoms with Crippen molar-refractivity contribution in [1.82, 2.24) is 4.98 Å². The van der Waals surface area contributed by atoms with Crippen LogP contribution in [0.4, 0.5) is 0 Å². The van der Waals surface area contributed by atoms with Gasteiger partial charge >= 0.3 is 0 Å². The van der Waals surface area contributed by atoms with Crippen LogP contribution in [0.15, 0.2) is 60.6 Å². The van der Waals surface area contributed by atoms with Crippen molar-refractivity contribution in [2.24, 2.45) is 10.9 Å². The molecule has 0 aliphatic rings. The first-order valence-electron chi connectivity index (χ1n) is 5.17. The molecule has 0 fully saturated rings. The van der Waals surface area contributed by atoms with Crippen molar-refractivity contribution in [2.75, 3.05) is 0 Å². The Morgan fingerprint density at radius 1 is 1.21 bits per heavy atom. The number of hydrogen-bond donors (Lipinski definition) is 2. The van der Waals surface area contributed by atoms with Crippen molar-refractivity contribution >= 4 is 49.5 Å². The molecule has 0 spiro atoms. The zero-order chi connectivity index (χ0) is 13.8. The fourth-order valence-electron chi connectivity index (χ4n) is 1.38. The van der Waals surface area contributed by atoms with Crippen molar-refractivity contribution in [1.29, 1.82) is 0 Å². The van der Waals surface area contributed by atoms with E-state index < -0.39 is 0 Å². The molecule has 7 heteroatoms. The minimum Gasteiger partial charge on any atom is -0.409 e. The lowest BCUT2D eigenvalue weighted by atomic mass is 10.2. The second-order valence-electron chi connectivity index (χ2n) is 3.54. The molecule has 1 aromatic carbocycles. The van der Waals surface area contributed by atoms with Gasteiger partial charge in [-0.1, -0.05) is 32.8 Å². The van der Waals surface area contributed by atoms with Crippen molar-refractivity contribution in [3.8, 4) is 0 Å². The fourth-order valence-corrected chi connectivity index (χ4v) is 3.06. The zero-order valence-corrected chi connectivity index (χ0v) is 13.5. The lowest BCUT2D eigenvalue weighted by molar-refractivity contribution is 0.318. The fraction of sp³-hybridized carbons (Fsp3) is 0. The molecule has 4 nitrogen and oxygen atoms in total. The molecule has 0 amide bonds. The monoisotopic (exact) mass is 401 g/mol. The summed E-state index contributed by atoms with van der Waals surface area (Å²) >= 11 is 8.19. The Balaban J connectivity index is 2.38. The van der Waals surface area contributed by atoms with Gasteiger partial charge < -0.3 is 10.9 Å². The highest BCUT2D eigenvalue weighted by Gasteiger charge is 2.10. The number of benzene rings is 1. The van der Waals surface area contributed by atoms with Crippen molar-refractivity contribution in [3.05, 3.63) is 51.0 Å². The van der Waals surface area contributed by atoms with Gasteiger partial charge in [0.25, 0.3) is 0 Å². The third-order valence-corrected chi connectivity index (χ3v) is 4.21. The van der Waals surface area contributed by atoms with Gasteiger partial charge in [-0.25, -0.2) is 4.98 Å². The summed E-state index contributed by atoms with van der Waals surface area (Å²) in [5, 5.41) is 12.7. The summed E-state index contributed by atoms with van der Waals surface area (Å²) in [6.07, 6.45) is 1.73. The topological polar surface area (TPSA) is 71.5 Å². The molecule has 19 heavy (non-hydrogen) atoms. The number of oxime groups is 1. The van der Waals surface area contributed by atoms with Crippen LogP contribution in [-0.2, 0) is 0 Å². The number of aromatic nitrogens is 1. The smallest absolute Gasteiger partial charge is 0.171 e. The van der Waals surface area contributed by atoms with Gasteiger partial charge in [-0.2, -0.15) is 0 Å². The Morgan fingerprint density at radius 2 is 1.95 bits per heavy atom. The second kappa shape index (κ2) is 6.40. The molecule has 2 aromatic rings. The molecule has 1 heterocycles. The highest BCUT2D eigenvalue weighted by atomic mass is 79.9. The molecule has 0 saturated heterocycles. The van der Waals surface area contributed by atoms with Crippen LogP contribution >= 0.6 is 43.6 Å². The number of nitrogens with zero attached hydrogens (tertiary/aromatic N) is 2. The van der Waals surface area contributed by atoms with Gasteiger partial charge in [0, 0.05) is 25.6 Å². The van der Waals surface area contributed by atoms with Crippen molar-refractivity contribution in [2.45, 2.75) is 9.92 Å². The average molecular weight is 403 g/mol. The van der Waals surface area contributed by atoms with Crippen molar-refractivity contribution < 1.29 is 5.21 Å². The summed E-state index contributed by atoms with van der Waals surface area (Å²) in [5.41, 5.74) is 6.33. The normalized spacial score (nSPS) is 11.6. The molecule has 1 aromatic heterocycles. The number of amidine groups is 1. The highest BCUT2D eigenvalue weighted by Crippen LogP contribution is 2.31. The first kappa shape index (κ1) is 14.4. The molecule has 3 N–H and O–H groups in total. The van der Waals surface area contributed by atoms with E-state index in [2.05, 4.69) is 42.0 Å². The quantitative estimate of drug-likeness (QED) is 0.354. The first-order chi connectivity index (χ1) is 9.10. The van der Waals surface area contributed by atoms with Crippen LogP contribution in [0.5, 0.6) is 0 Å². The zero-order valence-electron chi connectivity index (χ0n) is 9.55. The maximum Gasteiger partial charge on any atom is 0.171 e. The molecule has 0 saturated carbocycles. The molecular weight excluding hydrogens is 394 g/mol. The summed E-state index contributed by atoms with van der Waals surface area (Å²) in [7, 11) is 0. The summed E-state index contributed by atoms with van der Waals surface area (Å²) in [4.78, 5) is 5.15. The lowest BCUT2D eigenvalue weighted by Crippen LogP contribution is -2.14. The van der Waals surface area contributed by atoms with E-state index in [4.69, 9.17) is 10.9 Å². The van der Waals surface area contributed by atoms with E-state index in [1.807, 2.05) is 24.3 Å². The molecule has 98 valence electrons. The molecular formula is C12H9Br2N3OS. The predicted molar refractivity (Wildman–Crippen MR) is 82.7 cm³/mol. The number of halogens is 2. The molecule has 0 atom stereocenters. The van der Waals surface area contributed by atoms with Gasteiger partial charge in [-0.05, 0) is 46.3 Å². The number of pyridine rings is 1. The van der Waals surface area contributed by atoms with Crippen LogP contribution in [-0.4, -0.2) is 16.0 Å². The summed E-state index contributed by atoms with van der Waals surface area (Å²) in [5.74, 6) is 0.0760. The minimum absolute atomic E-state index is 0.0760. The van der Waals surface area contributed by atoms with Crippen molar-refractivity contribution in [3.63, 3.8) is 0 Å². The van der Waals surface area contributed by atoms with E-state index >= 15 is 0 Å². The summed E-state index contributed by atoms with van der Waals surface area (Å²) in [6.45, 7) is 0. The largest absolute Gasteiger partial charge is 0.409 e. The van der Waals surface area contributed by atoms with E-state index in [9.17, 15) is 0 Å². The third-order valence-electron chi connectivity index (χ3n) is 2.24. The molecule has 0 aliphatic carbocycles. The van der Waals surface area contributed by atoms with Gasteiger partial charge in [-0.3, -0.25) is 0 Å². The van der Waals surface area contributed by atoms with Crippen LogP contribution in [0.25, 0.3) is 0 Å². The number of hydrogen-bond acceptors (Lipinski definition) is 4. The predicted octanol–water partition coefficient (Wildman–Crippen LogP) is 3.85. The van der Waals surface area contributed by atoms with Crippen LogP contribution in [0, 0.1) is 0 Å². The SMILES string of the molecule is N/C(=N/O)c1ccc(Br)cc1Sc1ccc(Br)cn1. The summed E-state index contributed by atoms with van der Waals surface area (Å²) in [6, 6.07) is 9.34. The third kappa shape index (κ3) is 3.71. The molecule has 0 bridgehead atoms. The van der Waals surface area contributed by atoms with Gasteiger partial charge in [0.05, 0.1) is 0 Å². The van der Waals surface area contributed by atoms with E-state index in [-0.39, 0.29) is 5.84 Å². The van der Waals surface area contributed by atoms with Gasteiger partial charge in [-0.15, -0.1) is 0 Å². The van der Waals surface area contributed by atoms with Crippen LogP contribution in [0.2, 0.25) is 0 Å². The Hall–Kier alpha value is -1.05. The molecule has 0 aliphatic heterocycles. The standard InChI is InChI=1S/C12H9Br2N3OS/c13-7-1-3-9(12(15)17-18)10(5-7)19-11-4-2-8(14)6-16-11/h1-6,18H,(H2,15,17). The van der Waals surface area contributed by atoms with Crippen LogP contribution in [0.1, 0.15) is 5.56 Å². The second-order valence-corrected chi connectivity index (χ2v) is 6.44. The average Bonchev–Trinajstić information content (AvgIpc) is 2.41. The van der Waals surface area contributed by atoms with Crippen LogP contribution in [0.3, 0.4) is 0 Å². The van der Waals surface area contributed by atoms with Gasteiger partial charge in [0.1, 0.15) is 5.03 Å². The van der Waals surface area contributed by atoms with E-state index in [0.717, 1.165) is 18.9 Å². The Bertz CT molecular complexity index is 617. The number of rotatable bonds is 3. The van der Waals surface area contributed by atoms with E-state index in [1.54, 1.807) is 12.3 Å². The van der Waals surface area contributed by atoms with E-state index in [0.29, 0.717) is 5.56 Å². The maximum absolute atomic E-state index is 8.80. The molecule has 0 radical (unpaired) electrons. The Labute approximate surface area is 131 Å². The van der Waals surface area contributed by atoms with Gasteiger partial charge in [0.15, 0.2) is 5.84 Å². The first-order valence-corrected chi connectivity index (χ1v) is 7.57. The Morgan fingerprint density at radius 3 is 2.58 bits per heavy atom. The highest BCUT2D eigenvalue weighted by molar-refractivity contribution is 9.10. The van der Waals surface area contributed by atoms with Crippen LogP contribution < -0.4 is 5.73 Å². The Kier molecular flexibility index (Phi) is 4.84. The van der Waals surface area contributed by atoms with Gasteiger partial charge in [0.2, 0.25) is 0 Å². The lowest BCUT2D eigenvalue weighted by Gasteiger charge is -2.08. The van der Waals surface area contributed by atoms with E-state index in [1.165, 1.54) is 11.8 Å². The maximum atomic E-state index is 8.80. The molecule has 0 unspecified atom stereocenters. The number of nitrogens with two attached hydrogens (primary N) is 1. The summed E-state index contributed by atoms with van der Waals surface area (Å²) < 4.78 is 1.84.